The highest BCUT2D eigenvalue weighted by molar-refractivity contribution is 5.77. The number of hydrogen-bond donors (Lipinski definition) is 1. The fraction of sp³-hybridized carbons (Fsp3) is 0.739. The van der Waals surface area contributed by atoms with Gasteiger partial charge in [-0.05, 0) is 31.6 Å². The number of ether oxygens (including phenoxy) is 1. The summed E-state index contributed by atoms with van der Waals surface area (Å²) in [6.07, 6.45) is 1.58. The number of amides is 2. The van der Waals surface area contributed by atoms with Gasteiger partial charge in [0.2, 0.25) is 0 Å². The highest BCUT2D eigenvalue weighted by atomic mass is 19.4. The molecule has 0 aromatic carbocycles. The molecule has 0 atom stereocenters. The Morgan fingerprint density at radius 1 is 1.06 bits per heavy atom. The monoisotopic (exact) mass is 491 g/mol. The van der Waals surface area contributed by atoms with Crippen molar-refractivity contribution in [3.05, 3.63) is 29.6 Å². The van der Waals surface area contributed by atoms with Crippen LogP contribution < -0.4 is 0 Å². The quantitative estimate of drug-likeness (QED) is 0.710. The zero-order valence-electron chi connectivity index (χ0n) is 19.3. The van der Waals surface area contributed by atoms with Crippen LogP contribution in [0.3, 0.4) is 0 Å². The molecule has 1 N–H and O–H groups in total. The molecule has 35 heavy (non-hydrogen) atoms. The first kappa shape index (κ1) is 21.6. The van der Waals surface area contributed by atoms with E-state index in [1.165, 1.54) is 4.68 Å². The van der Waals surface area contributed by atoms with Crippen LogP contribution in [-0.4, -0.2) is 80.2 Å². The molecule has 188 valence electrons. The van der Waals surface area contributed by atoms with Crippen LogP contribution >= 0.6 is 0 Å². The number of likely N-dealkylation sites (tertiary alicyclic amines) is 2. The molecule has 2 aliphatic carbocycles. The molecule has 0 bridgehead atoms. The third-order valence-corrected chi connectivity index (χ3v) is 8.76. The van der Waals surface area contributed by atoms with E-state index in [2.05, 4.69) is 20.3 Å². The molecule has 0 unspecified atom stereocenters. The Labute approximate surface area is 200 Å². The van der Waals surface area contributed by atoms with E-state index >= 15 is 0 Å². The Balaban J connectivity index is 0.840. The number of carbonyl (C=O) groups is 1. The highest BCUT2D eigenvalue weighted by Gasteiger charge is 2.58. The van der Waals surface area contributed by atoms with Crippen molar-refractivity contribution < 1.29 is 22.7 Å². The lowest BCUT2D eigenvalue weighted by Gasteiger charge is -2.63. The summed E-state index contributed by atoms with van der Waals surface area (Å²) in [6, 6.07) is 0.127. The lowest BCUT2D eigenvalue weighted by atomic mass is 9.57. The molecule has 2 spiro atoms. The van der Waals surface area contributed by atoms with Gasteiger partial charge in [-0.2, -0.15) is 23.4 Å². The summed E-state index contributed by atoms with van der Waals surface area (Å²) in [5, 5.41) is 11.3. The van der Waals surface area contributed by atoms with Crippen LogP contribution in [0, 0.1) is 16.7 Å². The number of aromatic amines is 1. The normalized spacial score (nSPS) is 25.7. The molecule has 0 radical (unpaired) electrons. The zero-order valence-corrected chi connectivity index (χ0v) is 19.3. The summed E-state index contributed by atoms with van der Waals surface area (Å²) in [4.78, 5) is 21.4. The molecule has 5 aliphatic rings. The minimum absolute atomic E-state index is 0.127. The SMILES string of the molecule is O=C(N1CC2(CC(Cn3cc(C(F)(F)F)cn3)C2)C1)N1CC2(CC(c3nc(C4COC4)n[nH]3)C2)C1. The maximum Gasteiger partial charge on any atom is 0.419 e. The number of H-pyrrole nitrogens is 1. The van der Waals surface area contributed by atoms with E-state index in [1.807, 2.05) is 9.80 Å². The molecule has 2 aromatic rings. The first-order valence-electron chi connectivity index (χ1n) is 12.3. The number of aromatic nitrogens is 5. The minimum Gasteiger partial charge on any atom is -0.380 e. The van der Waals surface area contributed by atoms with E-state index in [0.717, 1.165) is 75.9 Å². The average Bonchev–Trinajstić information content (AvgIpc) is 3.28. The van der Waals surface area contributed by atoms with E-state index in [4.69, 9.17) is 4.74 Å². The summed E-state index contributed by atoms with van der Waals surface area (Å²) >= 11 is 0. The summed E-state index contributed by atoms with van der Waals surface area (Å²) in [6.45, 7) is 5.05. The molecule has 2 aromatic heterocycles. The van der Waals surface area contributed by atoms with Crippen LogP contribution in [0.25, 0.3) is 0 Å². The number of nitrogens with one attached hydrogen (secondary N) is 1. The minimum atomic E-state index is -4.35. The van der Waals surface area contributed by atoms with Gasteiger partial charge in [-0.1, -0.05) is 0 Å². The molecule has 3 saturated heterocycles. The molecule has 3 aliphatic heterocycles. The molecule has 2 saturated carbocycles. The number of hydrogen-bond acceptors (Lipinski definition) is 5. The molecule has 5 heterocycles. The third-order valence-electron chi connectivity index (χ3n) is 8.76. The average molecular weight is 492 g/mol. The third kappa shape index (κ3) is 3.54. The Kier molecular flexibility index (Phi) is 4.45. The van der Waals surface area contributed by atoms with Gasteiger partial charge in [0.15, 0.2) is 5.82 Å². The van der Waals surface area contributed by atoms with Gasteiger partial charge in [-0.3, -0.25) is 9.78 Å². The van der Waals surface area contributed by atoms with Crippen LogP contribution in [0.1, 0.15) is 54.7 Å². The highest BCUT2D eigenvalue weighted by Crippen LogP contribution is 2.57. The molecule has 9 nitrogen and oxygen atoms in total. The van der Waals surface area contributed by atoms with Gasteiger partial charge in [0.25, 0.3) is 0 Å². The Morgan fingerprint density at radius 2 is 1.71 bits per heavy atom. The van der Waals surface area contributed by atoms with Crippen molar-refractivity contribution in [2.45, 2.75) is 50.2 Å². The predicted molar refractivity (Wildman–Crippen MR) is 115 cm³/mol. The maximum absolute atomic E-state index is 12.9. The summed E-state index contributed by atoms with van der Waals surface area (Å²) in [5.41, 5.74) is -0.318. The maximum atomic E-state index is 12.9. The zero-order chi connectivity index (χ0) is 24.0. The Bertz CT molecular complexity index is 1130. The van der Waals surface area contributed by atoms with Crippen molar-refractivity contribution >= 4 is 6.03 Å². The van der Waals surface area contributed by atoms with E-state index < -0.39 is 11.7 Å². The van der Waals surface area contributed by atoms with Gasteiger partial charge in [0.05, 0.1) is 30.9 Å². The number of urea groups is 1. The molecule has 2 amide bonds. The van der Waals surface area contributed by atoms with Crippen molar-refractivity contribution in [1.29, 1.82) is 0 Å². The smallest absolute Gasteiger partial charge is 0.380 e. The van der Waals surface area contributed by atoms with Crippen molar-refractivity contribution in [3.8, 4) is 0 Å². The van der Waals surface area contributed by atoms with E-state index in [1.54, 1.807) is 0 Å². The number of halogens is 3. The summed E-state index contributed by atoms with van der Waals surface area (Å²) in [5.74, 6) is 2.87. The van der Waals surface area contributed by atoms with Gasteiger partial charge in [0.1, 0.15) is 5.82 Å². The first-order valence-corrected chi connectivity index (χ1v) is 12.3. The molecule has 7 rings (SSSR count). The fourth-order valence-electron chi connectivity index (χ4n) is 6.90. The molecular formula is C23H28F3N7O2. The predicted octanol–water partition coefficient (Wildman–Crippen LogP) is 2.85. The number of carbonyl (C=O) groups excluding carboxylic acids is 1. The van der Waals surface area contributed by atoms with Gasteiger partial charge in [0, 0.05) is 55.7 Å². The standard InChI is InChI=1S/C23H28F3N7O2/c24-23(25,26)17-5-27-33(7-17)6-14-1-21(2-14)10-31(11-21)20(34)32-12-22(13-32)3-15(4-22)18-28-19(30-29-18)16-8-35-9-16/h5,7,14-16H,1-4,6,8-13H2,(H,28,29,30). The Morgan fingerprint density at radius 3 is 2.29 bits per heavy atom. The number of rotatable bonds is 4. The second-order valence-electron chi connectivity index (χ2n) is 11.6. The molecular weight excluding hydrogens is 463 g/mol. The van der Waals surface area contributed by atoms with E-state index in [-0.39, 0.29) is 16.9 Å². The molecule has 5 fully saturated rings. The van der Waals surface area contributed by atoms with Crippen molar-refractivity contribution in [2.75, 3.05) is 39.4 Å². The van der Waals surface area contributed by atoms with Gasteiger partial charge in [-0.25, -0.2) is 9.78 Å². The van der Waals surface area contributed by atoms with Crippen LogP contribution in [0.15, 0.2) is 12.4 Å². The largest absolute Gasteiger partial charge is 0.419 e. The van der Waals surface area contributed by atoms with Crippen molar-refractivity contribution in [3.63, 3.8) is 0 Å². The second kappa shape index (κ2) is 7.21. The molecule has 12 heteroatoms. The van der Waals surface area contributed by atoms with Crippen LogP contribution in [-0.2, 0) is 17.5 Å². The van der Waals surface area contributed by atoms with Crippen LogP contribution in [0.2, 0.25) is 0 Å². The Hall–Kier alpha value is -2.63. The lowest BCUT2D eigenvalue weighted by Crippen LogP contribution is -2.71. The van der Waals surface area contributed by atoms with Crippen molar-refractivity contribution in [2.24, 2.45) is 16.7 Å². The van der Waals surface area contributed by atoms with Gasteiger partial charge >= 0.3 is 12.2 Å². The fourth-order valence-corrected chi connectivity index (χ4v) is 6.90. The van der Waals surface area contributed by atoms with Crippen LogP contribution in [0.4, 0.5) is 18.0 Å². The van der Waals surface area contributed by atoms with E-state index in [0.29, 0.717) is 37.5 Å². The van der Waals surface area contributed by atoms with Crippen molar-refractivity contribution in [1.82, 2.24) is 34.8 Å². The van der Waals surface area contributed by atoms with Gasteiger partial charge < -0.3 is 14.5 Å². The first-order chi connectivity index (χ1) is 16.7. The number of alkyl halides is 3. The number of nitrogens with zero attached hydrogens (tertiary/aromatic N) is 6. The summed E-state index contributed by atoms with van der Waals surface area (Å²) < 4.78 is 44.9. The second-order valence-corrected chi connectivity index (χ2v) is 11.6. The lowest BCUT2D eigenvalue weighted by molar-refractivity contribution is -0.137. The van der Waals surface area contributed by atoms with Crippen LogP contribution in [0.5, 0.6) is 0 Å². The summed E-state index contributed by atoms with van der Waals surface area (Å²) in [7, 11) is 0. The van der Waals surface area contributed by atoms with E-state index in [9.17, 15) is 18.0 Å². The van der Waals surface area contributed by atoms with Gasteiger partial charge in [-0.15, -0.1) is 0 Å². The topological polar surface area (TPSA) is 92.2 Å².